The van der Waals surface area contributed by atoms with Crippen LogP contribution in [0.4, 0.5) is 5.82 Å². The van der Waals surface area contributed by atoms with Crippen molar-refractivity contribution in [2.24, 2.45) is 0 Å². The fourth-order valence-corrected chi connectivity index (χ4v) is 1.16. The van der Waals surface area contributed by atoms with E-state index in [0.29, 0.717) is 12.4 Å². The maximum absolute atomic E-state index is 11.2. The number of carbonyl (C=O) groups is 1. The zero-order valence-corrected chi connectivity index (χ0v) is 8.41. The van der Waals surface area contributed by atoms with E-state index in [1.54, 1.807) is 19.1 Å². The molecular weight excluding hydrogens is 180 g/mol. The first-order chi connectivity index (χ1) is 6.63. The maximum Gasteiger partial charge on any atom is 0.310 e. The molecule has 0 radical (unpaired) electrons. The largest absolute Gasteiger partial charge is 0.466 e. The van der Waals surface area contributed by atoms with E-state index >= 15 is 0 Å². The van der Waals surface area contributed by atoms with Crippen LogP contribution >= 0.6 is 0 Å². The molecule has 0 saturated carbocycles. The number of anilines is 1. The molecule has 0 aliphatic carbocycles. The minimum atomic E-state index is -0.234. The molecule has 76 valence electrons. The third kappa shape index (κ3) is 2.73. The summed E-state index contributed by atoms with van der Waals surface area (Å²) in [5, 5.41) is 0. The van der Waals surface area contributed by atoms with Gasteiger partial charge >= 0.3 is 5.97 Å². The molecule has 0 fully saturated rings. The molecule has 0 aliphatic rings. The molecule has 1 aromatic rings. The number of nitrogens with two attached hydrogens (primary N) is 1. The van der Waals surface area contributed by atoms with Crippen LogP contribution in [0.2, 0.25) is 0 Å². The number of pyridine rings is 1. The third-order valence-corrected chi connectivity index (χ3v) is 1.86. The van der Waals surface area contributed by atoms with Crippen molar-refractivity contribution in [3.05, 3.63) is 23.4 Å². The highest BCUT2D eigenvalue weighted by Crippen LogP contribution is 2.09. The standard InChI is InChI=1S/C10H14N2O2/c1-3-14-10(13)6-8-4-5-9(11)12-7(8)2/h4-5H,3,6H2,1-2H3,(H2,11,12). The Hall–Kier alpha value is -1.58. The van der Waals surface area contributed by atoms with Gasteiger partial charge in [0.05, 0.1) is 13.0 Å². The van der Waals surface area contributed by atoms with Crippen LogP contribution in [-0.2, 0) is 16.0 Å². The van der Waals surface area contributed by atoms with Crippen molar-refractivity contribution in [1.82, 2.24) is 4.98 Å². The zero-order chi connectivity index (χ0) is 10.6. The van der Waals surface area contributed by atoms with E-state index in [-0.39, 0.29) is 12.4 Å². The first-order valence-electron chi connectivity index (χ1n) is 4.51. The Kier molecular flexibility index (Phi) is 3.45. The Morgan fingerprint density at radius 3 is 2.86 bits per heavy atom. The molecule has 2 N–H and O–H groups in total. The summed E-state index contributed by atoms with van der Waals surface area (Å²) < 4.78 is 4.83. The van der Waals surface area contributed by atoms with Crippen LogP contribution in [0.25, 0.3) is 0 Å². The summed E-state index contributed by atoms with van der Waals surface area (Å²) in [5.74, 6) is 0.234. The lowest BCUT2D eigenvalue weighted by Gasteiger charge is -2.05. The van der Waals surface area contributed by atoms with Crippen molar-refractivity contribution in [1.29, 1.82) is 0 Å². The van der Waals surface area contributed by atoms with Crippen LogP contribution in [0.1, 0.15) is 18.2 Å². The summed E-state index contributed by atoms with van der Waals surface area (Å²) in [6.45, 7) is 4.01. The van der Waals surface area contributed by atoms with Crippen molar-refractivity contribution in [3.63, 3.8) is 0 Å². The van der Waals surface area contributed by atoms with Gasteiger partial charge in [0.2, 0.25) is 0 Å². The first-order valence-corrected chi connectivity index (χ1v) is 4.51. The Morgan fingerprint density at radius 1 is 1.57 bits per heavy atom. The van der Waals surface area contributed by atoms with Gasteiger partial charge in [-0.25, -0.2) is 4.98 Å². The number of nitrogens with zero attached hydrogens (tertiary/aromatic N) is 1. The molecule has 0 spiro atoms. The highest BCUT2D eigenvalue weighted by Gasteiger charge is 2.07. The second-order valence-corrected chi connectivity index (χ2v) is 2.96. The highest BCUT2D eigenvalue weighted by atomic mass is 16.5. The summed E-state index contributed by atoms with van der Waals surface area (Å²) in [7, 11) is 0. The normalized spacial score (nSPS) is 9.86. The van der Waals surface area contributed by atoms with Crippen LogP contribution in [0.5, 0.6) is 0 Å². The van der Waals surface area contributed by atoms with Crippen molar-refractivity contribution in [3.8, 4) is 0 Å². The van der Waals surface area contributed by atoms with Gasteiger partial charge in [-0.05, 0) is 25.5 Å². The number of aromatic nitrogens is 1. The van der Waals surface area contributed by atoms with Gasteiger partial charge in [0, 0.05) is 5.69 Å². The topological polar surface area (TPSA) is 65.2 Å². The summed E-state index contributed by atoms with van der Waals surface area (Å²) in [6.07, 6.45) is 0.257. The number of rotatable bonds is 3. The van der Waals surface area contributed by atoms with E-state index in [2.05, 4.69) is 4.98 Å². The minimum Gasteiger partial charge on any atom is -0.466 e. The molecule has 1 rings (SSSR count). The van der Waals surface area contributed by atoms with Gasteiger partial charge in [0.1, 0.15) is 5.82 Å². The number of ether oxygens (including phenoxy) is 1. The average molecular weight is 194 g/mol. The van der Waals surface area contributed by atoms with Gasteiger partial charge in [-0.2, -0.15) is 0 Å². The minimum absolute atomic E-state index is 0.234. The van der Waals surface area contributed by atoms with E-state index < -0.39 is 0 Å². The summed E-state index contributed by atoms with van der Waals surface area (Å²) in [5.41, 5.74) is 7.12. The number of aryl methyl sites for hydroxylation is 1. The molecule has 0 saturated heterocycles. The van der Waals surface area contributed by atoms with E-state index in [1.807, 2.05) is 6.92 Å². The second-order valence-electron chi connectivity index (χ2n) is 2.96. The summed E-state index contributed by atoms with van der Waals surface area (Å²) >= 11 is 0. The van der Waals surface area contributed by atoms with Gasteiger partial charge in [0.25, 0.3) is 0 Å². The van der Waals surface area contributed by atoms with E-state index in [0.717, 1.165) is 11.3 Å². The number of nitrogen functional groups attached to an aromatic ring is 1. The predicted octanol–water partition coefficient (Wildman–Crippen LogP) is 1.08. The Morgan fingerprint density at radius 2 is 2.29 bits per heavy atom. The zero-order valence-electron chi connectivity index (χ0n) is 8.41. The molecule has 0 atom stereocenters. The number of carbonyl (C=O) groups excluding carboxylic acids is 1. The van der Waals surface area contributed by atoms with Gasteiger partial charge in [-0.3, -0.25) is 4.79 Å². The van der Waals surface area contributed by atoms with E-state index in [4.69, 9.17) is 10.5 Å². The Balaban J connectivity index is 2.72. The molecule has 0 aromatic carbocycles. The predicted molar refractivity (Wildman–Crippen MR) is 53.7 cm³/mol. The molecular formula is C10H14N2O2. The lowest BCUT2D eigenvalue weighted by Crippen LogP contribution is -2.09. The number of esters is 1. The second kappa shape index (κ2) is 4.60. The maximum atomic E-state index is 11.2. The van der Waals surface area contributed by atoms with Gasteiger partial charge in [-0.1, -0.05) is 6.07 Å². The molecule has 0 amide bonds. The molecule has 4 nitrogen and oxygen atoms in total. The third-order valence-electron chi connectivity index (χ3n) is 1.86. The van der Waals surface area contributed by atoms with Crippen molar-refractivity contribution >= 4 is 11.8 Å². The molecule has 0 bridgehead atoms. The van der Waals surface area contributed by atoms with Gasteiger partial charge in [-0.15, -0.1) is 0 Å². The van der Waals surface area contributed by atoms with Crippen molar-refractivity contribution in [2.75, 3.05) is 12.3 Å². The highest BCUT2D eigenvalue weighted by molar-refractivity contribution is 5.72. The van der Waals surface area contributed by atoms with E-state index in [9.17, 15) is 4.79 Å². The number of hydrogen-bond donors (Lipinski definition) is 1. The van der Waals surface area contributed by atoms with Crippen molar-refractivity contribution < 1.29 is 9.53 Å². The number of hydrogen-bond acceptors (Lipinski definition) is 4. The lowest BCUT2D eigenvalue weighted by molar-refractivity contribution is -0.142. The molecule has 0 aliphatic heterocycles. The van der Waals surface area contributed by atoms with E-state index in [1.165, 1.54) is 0 Å². The van der Waals surface area contributed by atoms with Gasteiger partial charge < -0.3 is 10.5 Å². The molecule has 0 unspecified atom stereocenters. The van der Waals surface area contributed by atoms with Crippen LogP contribution in [0.15, 0.2) is 12.1 Å². The molecule has 14 heavy (non-hydrogen) atoms. The molecule has 1 aromatic heterocycles. The van der Waals surface area contributed by atoms with Crippen LogP contribution < -0.4 is 5.73 Å². The summed E-state index contributed by atoms with van der Waals surface area (Å²) in [4.78, 5) is 15.2. The van der Waals surface area contributed by atoms with Crippen molar-refractivity contribution in [2.45, 2.75) is 20.3 Å². The fourth-order valence-electron chi connectivity index (χ4n) is 1.16. The Labute approximate surface area is 83.1 Å². The van der Waals surface area contributed by atoms with Crippen LogP contribution in [0.3, 0.4) is 0 Å². The summed E-state index contributed by atoms with van der Waals surface area (Å²) in [6, 6.07) is 3.48. The SMILES string of the molecule is CCOC(=O)Cc1ccc(N)nc1C. The van der Waals surface area contributed by atoms with Crippen LogP contribution in [-0.4, -0.2) is 17.6 Å². The molecule has 1 heterocycles. The lowest BCUT2D eigenvalue weighted by atomic mass is 10.1. The van der Waals surface area contributed by atoms with Gasteiger partial charge in [0.15, 0.2) is 0 Å². The van der Waals surface area contributed by atoms with Crippen LogP contribution in [0, 0.1) is 6.92 Å². The monoisotopic (exact) mass is 194 g/mol. The first kappa shape index (κ1) is 10.5. The quantitative estimate of drug-likeness (QED) is 0.731. The smallest absolute Gasteiger partial charge is 0.310 e. The average Bonchev–Trinajstić information content (AvgIpc) is 2.10. The fraction of sp³-hybridized carbons (Fsp3) is 0.400. The Bertz CT molecular complexity index is 337. The molecule has 4 heteroatoms.